The van der Waals surface area contributed by atoms with Crippen molar-refractivity contribution in [2.75, 3.05) is 17.1 Å². The largest absolute Gasteiger partial charge is 0.352 e. The second-order valence-corrected chi connectivity index (χ2v) is 11.5. The Morgan fingerprint density at radius 1 is 0.944 bits per heavy atom. The maximum absolute atomic E-state index is 13.4. The number of nitrogens with zero attached hydrogens (tertiary/aromatic N) is 2. The van der Waals surface area contributed by atoms with Gasteiger partial charge in [0.1, 0.15) is 6.04 Å². The molecule has 0 aromatic heterocycles. The third kappa shape index (κ3) is 8.66. The number of sulfonamides is 1. The summed E-state index contributed by atoms with van der Waals surface area (Å²) in [6, 6.07) is 14.7. The van der Waals surface area contributed by atoms with E-state index >= 15 is 0 Å². The molecule has 0 saturated heterocycles. The molecule has 0 aliphatic rings. The zero-order valence-corrected chi connectivity index (χ0v) is 23.3. The standard InChI is InChI=1S/C28H41N3O4S/c1-7-23-15-17-25(18-16-23)31(36(6,34)35)19-9-10-27(32)30(20-24-13-11-22(5)12-14-24)26(8-2)28(33)29-21(3)4/h11-18,21,26H,7-10,19-20H2,1-6H3,(H,29,33). The molecular formula is C28H41N3O4S. The van der Waals surface area contributed by atoms with E-state index in [9.17, 15) is 18.0 Å². The topological polar surface area (TPSA) is 86.8 Å². The normalized spacial score (nSPS) is 12.3. The van der Waals surface area contributed by atoms with E-state index in [0.717, 1.165) is 23.1 Å². The number of aryl methyl sites for hydroxylation is 2. The van der Waals surface area contributed by atoms with Crippen LogP contribution in [0.2, 0.25) is 0 Å². The Labute approximate surface area is 216 Å². The lowest BCUT2D eigenvalue weighted by molar-refractivity contribution is -0.141. The number of rotatable bonds is 13. The fourth-order valence-corrected chi connectivity index (χ4v) is 5.06. The fourth-order valence-electron chi connectivity index (χ4n) is 4.09. The molecule has 1 unspecified atom stereocenters. The fraction of sp³-hybridized carbons (Fsp3) is 0.500. The van der Waals surface area contributed by atoms with E-state index < -0.39 is 16.1 Å². The molecule has 1 N–H and O–H groups in total. The first-order valence-electron chi connectivity index (χ1n) is 12.7. The molecule has 2 aromatic carbocycles. The highest BCUT2D eigenvalue weighted by molar-refractivity contribution is 7.92. The van der Waals surface area contributed by atoms with Crippen LogP contribution in [0.5, 0.6) is 0 Å². The number of benzene rings is 2. The van der Waals surface area contributed by atoms with Gasteiger partial charge in [0, 0.05) is 25.6 Å². The molecule has 0 radical (unpaired) electrons. The van der Waals surface area contributed by atoms with Crippen LogP contribution in [0.15, 0.2) is 48.5 Å². The number of carbonyl (C=O) groups excluding carboxylic acids is 2. The van der Waals surface area contributed by atoms with Gasteiger partial charge in [0.2, 0.25) is 21.8 Å². The number of nitrogens with one attached hydrogen (secondary N) is 1. The van der Waals surface area contributed by atoms with Gasteiger partial charge in [-0.05, 0) is 63.3 Å². The summed E-state index contributed by atoms with van der Waals surface area (Å²) in [6.07, 6.45) is 3.00. The first-order chi connectivity index (χ1) is 17.0. The van der Waals surface area contributed by atoms with Gasteiger partial charge in [0.05, 0.1) is 11.9 Å². The Balaban J connectivity index is 2.20. The van der Waals surface area contributed by atoms with E-state index in [2.05, 4.69) is 5.32 Å². The van der Waals surface area contributed by atoms with E-state index in [1.165, 1.54) is 10.6 Å². The van der Waals surface area contributed by atoms with Crippen molar-refractivity contribution in [1.29, 1.82) is 0 Å². The van der Waals surface area contributed by atoms with Gasteiger partial charge in [-0.2, -0.15) is 0 Å². The second-order valence-electron chi connectivity index (χ2n) is 9.55. The number of anilines is 1. The van der Waals surface area contributed by atoms with E-state index in [1.807, 2.05) is 71.0 Å². The quantitative estimate of drug-likeness (QED) is 0.427. The minimum Gasteiger partial charge on any atom is -0.352 e. The lowest BCUT2D eigenvalue weighted by atomic mass is 10.1. The molecule has 2 rings (SSSR count). The van der Waals surface area contributed by atoms with Crippen molar-refractivity contribution in [3.63, 3.8) is 0 Å². The molecule has 0 heterocycles. The van der Waals surface area contributed by atoms with Gasteiger partial charge >= 0.3 is 0 Å². The lowest BCUT2D eigenvalue weighted by Crippen LogP contribution is -2.50. The van der Waals surface area contributed by atoms with Gasteiger partial charge in [-0.3, -0.25) is 13.9 Å². The highest BCUT2D eigenvalue weighted by Crippen LogP contribution is 2.21. The molecule has 8 heteroatoms. The molecule has 2 amide bonds. The molecule has 2 aromatic rings. The zero-order chi connectivity index (χ0) is 26.9. The van der Waals surface area contributed by atoms with Crippen LogP contribution in [-0.2, 0) is 32.6 Å². The summed E-state index contributed by atoms with van der Waals surface area (Å²) in [5.74, 6) is -0.349. The van der Waals surface area contributed by atoms with E-state index in [0.29, 0.717) is 25.1 Å². The third-order valence-electron chi connectivity index (χ3n) is 6.08. The molecule has 0 aliphatic carbocycles. The number of carbonyl (C=O) groups is 2. The van der Waals surface area contributed by atoms with Crippen LogP contribution in [0.1, 0.15) is 63.6 Å². The second kappa shape index (κ2) is 13.4. The van der Waals surface area contributed by atoms with Crippen LogP contribution in [0.3, 0.4) is 0 Å². The molecule has 0 saturated carbocycles. The molecule has 0 bridgehead atoms. The van der Waals surface area contributed by atoms with Crippen LogP contribution in [0, 0.1) is 6.92 Å². The highest BCUT2D eigenvalue weighted by Gasteiger charge is 2.29. The average molecular weight is 516 g/mol. The Morgan fingerprint density at radius 3 is 2.03 bits per heavy atom. The highest BCUT2D eigenvalue weighted by atomic mass is 32.2. The SMILES string of the molecule is CCc1ccc(N(CCCC(=O)N(Cc2ccc(C)cc2)C(CC)C(=O)NC(C)C)S(C)(=O)=O)cc1. The van der Waals surface area contributed by atoms with Gasteiger partial charge in [-0.15, -0.1) is 0 Å². The molecule has 0 aliphatic heterocycles. The molecule has 36 heavy (non-hydrogen) atoms. The minimum absolute atomic E-state index is 0.0368. The summed E-state index contributed by atoms with van der Waals surface area (Å²) in [5, 5.41) is 2.93. The predicted octanol–water partition coefficient (Wildman–Crippen LogP) is 4.44. The summed E-state index contributed by atoms with van der Waals surface area (Å²) < 4.78 is 26.3. The van der Waals surface area contributed by atoms with Crippen molar-refractivity contribution in [1.82, 2.24) is 10.2 Å². The Kier molecular flexibility index (Phi) is 11.0. The Bertz CT molecular complexity index is 1100. The molecule has 0 fully saturated rings. The monoisotopic (exact) mass is 515 g/mol. The van der Waals surface area contributed by atoms with Crippen molar-refractivity contribution in [3.05, 3.63) is 65.2 Å². The van der Waals surface area contributed by atoms with Gasteiger partial charge in [-0.25, -0.2) is 8.42 Å². The zero-order valence-electron chi connectivity index (χ0n) is 22.5. The summed E-state index contributed by atoms with van der Waals surface area (Å²) in [7, 11) is -3.51. The summed E-state index contributed by atoms with van der Waals surface area (Å²) in [6.45, 7) is 10.2. The molecule has 198 valence electrons. The van der Waals surface area contributed by atoms with Crippen LogP contribution in [0.4, 0.5) is 5.69 Å². The maximum Gasteiger partial charge on any atom is 0.243 e. The first-order valence-corrected chi connectivity index (χ1v) is 14.5. The average Bonchev–Trinajstić information content (AvgIpc) is 2.81. The van der Waals surface area contributed by atoms with Crippen LogP contribution in [0.25, 0.3) is 0 Å². The van der Waals surface area contributed by atoms with Crippen molar-refractivity contribution in [2.45, 2.75) is 78.9 Å². The van der Waals surface area contributed by atoms with Crippen molar-refractivity contribution in [3.8, 4) is 0 Å². The minimum atomic E-state index is -3.51. The predicted molar refractivity (Wildman–Crippen MR) is 146 cm³/mol. The third-order valence-corrected chi connectivity index (χ3v) is 7.27. The Hall–Kier alpha value is -2.87. The van der Waals surface area contributed by atoms with Crippen LogP contribution >= 0.6 is 0 Å². The lowest BCUT2D eigenvalue weighted by Gasteiger charge is -2.31. The van der Waals surface area contributed by atoms with Crippen molar-refractivity contribution >= 4 is 27.5 Å². The summed E-state index contributed by atoms with van der Waals surface area (Å²) in [5.41, 5.74) is 3.77. The van der Waals surface area contributed by atoms with Gasteiger partial charge in [-0.1, -0.05) is 55.8 Å². The van der Waals surface area contributed by atoms with Gasteiger partial charge in [0.15, 0.2) is 0 Å². The first kappa shape index (κ1) is 29.4. The van der Waals surface area contributed by atoms with Crippen molar-refractivity contribution in [2.24, 2.45) is 0 Å². The van der Waals surface area contributed by atoms with Gasteiger partial charge < -0.3 is 10.2 Å². The van der Waals surface area contributed by atoms with E-state index in [4.69, 9.17) is 0 Å². The summed E-state index contributed by atoms with van der Waals surface area (Å²) >= 11 is 0. The van der Waals surface area contributed by atoms with Crippen LogP contribution in [-0.4, -0.2) is 50.0 Å². The van der Waals surface area contributed by atoms with E-state index in [-0.39, 0.29) is 30.8 Å². The van der Waals surface area contributed by atoms with Gasteiger partial charge in [0.25, 0.3) is 0 Å². The molecular weight excluding hydrogens is 474 g/mol. The maximum atomic E-state index is 13.4. The number of hydrogen-bond donors (Lipinski definition) is 1. The Morgan fingerprint density at radius 2 is 1.53 bits per heavy atom. The molecule has 1 atom stereocenters. The summed E-state index contributed by atoms with van der Waals surface area (Å²) in [4.78, 5) is 28.0. The number of amides is 2. The molecule has 0 spiro atoms. The van der Waals surface area contributed by atoms with E-state index in [1.54, 1.807) is 17.0 Å². The smallest absolute Gasteiger partial charge is 0.243 e. The molecule has 7 nitrogen and oxygen atoms in total. The number of hydrogen-bond acceptors (Lipinski definition) is 4. The van der Waals surface area contributed by atoms with Crippen LogP contribution < -0.4 is 9.62 Å². The van der Waals surface area contributed by atoms with Crippen molar-refractivity contribution < 1.29 is 18.0 Å².